The summed E-state index contributed by atoms with van der Waals surface area (Å²) in [6.07, 6.45) is 5.53. The second-order valence-electron chi connectivity index (χ2n) is 10.7. The third-order valence-electron chi connectivity index (χ3n) is 7.48. The van der Waals surface area contributed by atoms with Gasteiger partial charge in [-0.2, -0.15) is 0 Å². The molecular weight excluding hydrogens is 506 g/mol. The van der Waals surface area contributed by atoms with Gasteiger partial charge in [0.05, 0.1) is 16.7 Å². The molecule has 42 heavy (non-hydrogen) atoms. The Bertz CT molecular complexity index is 1880. The van der Waals surface area contributed by atoms with Crippen molar-refractivity contribution in [1.82, 2.24) is 4.57 Å². The summed E-state index contributed by atoms with van der Waals surface area (Å²) in [6, 6.07) is 49.2. The summed E-state index contributed by atoms with van der Waals surface area (Å²) in [4.78, 5) is 0. The minimum Gasteiger partial charge on any atom is -0.309 e. The van der Waals surface area contributed by atoms with Gasteiger partial charge in [0.15, 0.2) is 0 Å². The van der Waals surface area contributed by atoms with Crippen LogP contribution in [0.5, 0.6) is 0 Å². The molecule has 6 aromatic carbocycles. The highest BCUT2D eigenvalue weighted by atomic mass is 15.0. The number of hydrogen-bond acceptors (Lipinski definition) is 0. The van der Waals surface area contributed by atoms with E-state index in [-0.39, 0.29) is 0 Å². The molecule has 0 radical (unpaired) electrons. The van der Waals surface area contributed by atoms with E-state index in [4.69, 9.17) is 0 Å². The molecule has 0 atom stereocenters. The molecule has 208 valence electrons. The Hall–Kier alpha value is -4.88. The van der Waals surface area contributed by atoms with Gasteiger partial charge < -0.3 is 4.57 Å². The predicted molar refractivity (Wildman–Crippen MR) is 185 cm³/mol. The number of para-hydroxylation sites is 1. The average Bonchev–Trinajstić information content (AvgIpc) is 3.33. The van der Waals surface area contributed by atoms with Gasteiger partial charge in [-0.15, -0.1) is 0 Å². The maximum atomic E-state index is 2.42. The first-order valence-corrected chi connectivity index (χ1v) is 14.8. The second-order valence-corrected chi connectivity index (χ2v) is 10.7. The molecule has 7 rings (SSSR count). The van der Waals surface area contributed by atoms with Crippen LogP contribution in [0.2, 0.25) is 0 Å². The smallest absolute Gasteiger partial charge is 0.0544 e. The first-order valence-electron chi connectivity index (χ1n) is 14.8. The minimum atomic E-state index is 1.05. The Morgan fingerprint density at radius 3 is 1.71 bits per heavy atom. The second kappa shape index (κ2) is 13.7. The number of nitrogens with zero attached hydrogens (tertiary/aromatic N) is 1. The summed E-state index contributed by atoms with van der Waals surface area (Å²) >= 11 is 0. The number of aromatic nitrogens is 1. The zero-order valence-electron chi connectivity index (χ0n) is 25.1. The number of allylic oxidation sites excluding steroid dienone is 1. The van der Waals surface area contributed by atoms with E-state index in [9.17, 15) is 0 Å². The van der Waals surface area contributed by atoms with E-state index >= 15 is 0 Å². The van der Waals surface area contributed by atoms with E-state index in [0.717, 1.165) is 6.42 Å². The summed E-state index contributed by atoms with van der Waals surface area (Å²) in [5, 5.41) is 5.16. The minimum absolute atomic E-state index is 1.05. The van der Waals surface area contributed by atoms with Crippen LogP contribution >= 0.6 is 0 Å². The lowest BCUT2D eigenvalue weighted by molar-refractivity contribution is 1.19. The monoisotopic (exact) mass is 545 g/mol. The van der Waals surface area contributed by atoms with E-state index in [0.29, 0.717) is 0 Å². The van der Waals surface area contributed by atoms with Gasteiger partial charge in [0.2, 0.25) is 0 Å². The van der Waals surface area contributed by atoms with Crippen molar-refractivity contribution in [1.29, 1.82) is 0 Å². The Morgan fingerprint density at radius 2 is 1.10 bits per heavy atom. The van der Waals surface area contributed by atoms with E-state index in [1.165, 1.54) is 60.5 Å². The molecule has 0 saturated heterocycles. The Labute approximate surface area is 250 Å². The van der Waals surface area contributed by atoms with Crippen molar-refractivity contribution in [3.05, 3.63) is 168 Å². The van der Waals surface area contributed by atoms with Crippen molar-refractivity contribution in [2.45, 2.75) is 34.1 Å². The molecule has 0 aliphatic rings. The third kappa shape index (κ3) is 6.53. The molecule has 1 heterocycles. The number of rotatable bonds is 3. The number of benzene rings is 6. The summed E-state index contributed by atoms with van der Waals surface area (Å²) in [5.41, 5.74) is 9.01. The first kappa shape index (κ1) is 28.6. The molecule has 0 N–H and O–H groups in total. The lowest BCUT2D eigenvalue weighted by Crippen LogP contribution is -1.95. The molecule has 1 nitrogen and oxygen atoms in total. The van der Waals surface area contributed by atoms with E-state index in [1.807, 2.05) is 36.4 Å². The van der Waals surface area contributed by atoms with Crippen LogP contribution in [0.3, 0.4) is 0 Å². The highest BCUT2D eigenvalue weighted by Gasteiger charge is 2.15. The third-order valence-corrected chi connectivity index (χ3v) is 7.48. The van der Waals surface area contributed by atoms with Gasteiger partial charge >= 0.3 is 0 Å². The van der Waals surface area contributed by atoms with Gasteiger partial charge in [-0.3, -0.25) is 0 Å². The molecule has 0 saturated carbocycles. The fraction of sp³-hybridized carbons (Fsp3) is 0.122. The van der Waals surface area contributed by atoms with Crippen LogP contribution in [0.15, 0.2) is 146 Å². The van der Waals surface area contributed by atoms with Gasteiger partial charge in [0, 0.05) is 16.2 Å². The largest absolute Gasteiger partial charge is 0.309 e. The summed E-state index contributed by atoms with van der Waals surface area (Å²) in [7, 11) is 0. The SMILES string of the molecule is CC/C=C\c1cc2c3ccccc3n(-c3cccc4ccccc34)c2cc1C.Cc1ccccc1.Cc1ccccc1. The Kier molecular flexibility index (Phi) is 9.31. The van der Waals surface area contributed by atoms with Gasteiger partial charge in [-0.25, -0.2) is 0 Å². The first-order chi connectivity index (χ1) is 20.6. The normalized spacial score (nSPS) is 10.9. The molecule has 0 aliphatic heterocycles. The molecule has 0 bridgehead atoms. The predicted octanol–water partition coefficient (Wildman–Crippen LogP) is 11.7. The maximum Gasteiger partial charge on any atom is 0.0544 e. The topological polar surface area (TPSA) is 4.93 Å². The van der Waals surface area contributed by atoms with Gasteiger partial charge in [-0.05, 0) is 68.0 Å². The van der Waals surface area contributed by atoms with Gasteiger partial charge in [0.1, 0.15) is 0 Å². The van der Waals surface area contributed by atoms with Crippen molar-refractivity contribution < 1.29 is 0 Å². The van der Waals surface area contributed by atoms with Crippen LogP contribution < -0.4 is 0 Å². The summed E-state index contributed by atoms with van der Waals surface area (Å²) in [5.74, 6) is 0. The molecule has 1 heteroatoms. The molecule has 0 fully saturated rings. The molecule has 7 aromatic rings. The summed E-state index contributed by atoms with van der Waals surface area (Å²) < 4.78 is 2.42. The Morgan fingerprint density at radius 1 is 0.524 bits per heavy atom. The standard InChI is InChI=1S/C27H23N.2C7H8/c1-3-4-10-21-18-24-23-14-7-8-15-26(23)28(27(24)17-19(21)2)25-16-9-12-20-11-5-6-13-22(20)25;2*1-7-5-3-2-4-6-7/h4-18H,3H2,1-2H3;2*2-6H,1H3/b10-4-;;. The lowest BCUT2D eigenvalue weighted by atomic mass is 10.0. The highest BCUT2D eigenvalue weighted by Crippen LogP contribution is 2.36. The van der Waals surface area contributed by atoms with Crippen LogP contribution in [0.1, 0.15) is 35.6 Å². The molecule has 0 unspecified atom stereocenters. The van der Waals surface area contributed by atoms with Crippen LogP contribution in [0.4, 0.5) is 0 Å². The van der Waals surface area contributed by atoms with Gasteiger partial charge in [0.25, 0.3) is 0 Å². The number of hydrogen-bond donors (Lipinski definition) is 0. The van der Waals surface area contributed by atoms with Crippen LogP contribution in [-0.2, 0) is 0 Å². The van der Waals surface area contributed by atoms with Crippen LogP contribution in [0, 0.1) is 20.8 Å². The van der Waals surface area contributed by atoms with E-state index in [2.05, 4.69) is 148 Å². The van der Waals surface area contributed by atoms with Crippen molar-refractivity contribution in [2.75, 3.05) is 0 Å². The lowest BCUT2D eigenvalue weighted by Gasteiger charge is -2.12. The molecular formula is C41H39N. The fourth-order valence-corrected chi connectivity index (χ4v) is 5.29. The summed E-state index contributed by atoms with van der Waals surface area (Å²) in [6.45, 7) is 8.55. The van der Waals surface area contributed by atoms with Crippen molar-refractivity contribution in [3.8, 4) is 5.69 Å². The Balaban J connectivity index is 0.000000206. The van der Waals surface area contributed by atoms with Crippen LogP contribution in [-0.4, -0.2) is 4.57 Å². The van der Waals surface area contributed by atoms with Gasteiger partial charge in [-0.1, -0.05) is 145 Å². The fourth-order valence-electron chi connectivity index (χ4n) is 5.29. The van der Waals surface area contributed by atoms with E-state index in [1.54, 1.807) is 0 Å². The average molecular weight is 546 g/mol. The zero-order valence-corrected chi connectivity index (χ0v) is 25.1. The quantitative estimate of drug-likeness (QED) is 0.208. The van der Waals surface area contributed by atoms with Crippen molar-refractivity contribution >= 4 is 38.7 Å². The zero-order chi connectivity index (χ0) is 29.3. The molecule has 0 amide bonds. The molecule has 1 aromatic heterocycles. The number of fused-ring (bicyclic) bond motifs is 4. The van der Waals surface area contributed by atoms with Crippen LogP contribution in [0.25, 0.3) is 44.3 Å². The molecule has 0 aliphatic carbocycles. The highest BCUT2D eigenvalue weighted by molar-refractivity contribution is 6.11. The van der Waals surface area contributed by atoms with E-state index < -0.39 is 0 Å². The van der Waals surface area contributed by atoms with Crippen molar-refractivity contribution in [2.24, 2.45) is 0 Å². The maximum absolute atomic E-state index is 2.42. The number of aryl methyl sites for hydroxylation is 3. The molecule has 0 spiro atoms. The van der Waals surface area contributed by atoms with Crippen molar-refractivity contribution in [3.63, 3.8) is 0 Å².